The van der Waals surface area contributed by atoms with Crippen molar-refractivity contribution in [1.82, 2.24) is 0 Å². The van der Waals surface area contributed by atoms with Crippen molar-refractivity contribution < 1.29 is 13.2 Å². The molecule has 5 heteroatoms. The highest BCUT2D eigenvalue weighted by Gasteiger charge is 2.17. The summed E-state index contributed by atoms with van der Waals surface area (Å²) in [6.07, 6.45) is 0. The van der Waals surface area contributed by atoms with Crippen molar-refractivity contribution in [3.63, 3.8) is 0 Å². The Morgan fingerprint density at radius 1 is 1.23 bits per heavy atom. The van der Waals surface area contributed by atoms with E-state index in [4.69, 9.17) is 11.0 Å². The van der Waals surface area contributed by atoms with Crippen LogP contribution >= 0.6 is 0 Å². The summed E-state index contributed by atoms with van der Waals surface area (Å²) in [6, 6.07) is 2.30. The van der Waals surface area contributed by atoms with Gasteiger partial charge in [0.05, 0.1) is 5.56 Å². The Labute approximate surface area is 72.4 Å². The van der Waals surface area contributed by atoms with E-state index in [-0.39, 0.29) is 12.1 Å². The quantitative estimate of drug-likeness (QED) is 0.674. The fourth-order valence-corrected chi connectivity index (χ4v) is 0.886. The molecule has 0 heterocycles. The molecule has 0 unspecified atom stereocenters. The van der Waals surface area contributed by atoms with Gasteiger partial charge in [-0.05, 0) is 6.07 Å². The Hall–Kier alpha value is -1.54. The Balaban J connectivity index is 3.48. The van der Waals surface area contributed by atoms with Crippen molar-refractivity contribution in [2.75, 3.05) is 0 Å². The zero-order valence-electron chi connectivity index (χ0n) is 6.44. The van der Waals surface area contributed by atoms with Crippen LogP contribution in [-0.2, 0) is 6.54 Å². The number of nitriles is 1. The fraction of sp³-hybridized carbons (Fsp3) is 0.125. The number of rotatable bonds is 1. The van der Waals surface area contributed by atoms with Gasteiger partial charge in [0.15, 0.2) is 17.5 Å². The first-order valence-corrected chi connectivity index (χ1v) is 3.38. The van der Waals surface area contributed by atoms with Gasteiger partial charge in [-0.1, -0.05) is 0 Å². The Morgan fingerprint density at radius 3 is 2.31 bits per heavy atom. The molecule has 0 saturated heterocycles. The van der Waals surface area contributed by atoms with Gasteiger partial charge in [-0.3, -0.25) is 0 Å². The molecular weight excluding hydrogens is 181 g/mol. The van der Waals surface area contributed by atoms with Gasteiger partial charge in [0.1, 0.15) is 6.07 Å². The van der Waals surface area contributed by atoms with Crippen LogP contribution in [0.3, 0.4) is 0 Å². The molecule has 0 aliphatic heterocycles. The van der Waals surface area contributed by atoms with E-state index in [2.05, 4.69) is 0 Å². The summed E-state index contributed by atoms with van der Waals surface area (Å²) in [5.41, 5.74) is 4.30. The van der Waals surface area contributed by atoms with Gasteiger partial charge in [-0.15, -0.1) is 0 Å². The van der Waals surface area contributed by atoms with Crippen LogP contribution in [0.4, 0.5) is 13.2 Å². The topological polar surface area (TPSA) is 49.8 Å². The second kappa shape index (κ2) is 3.46. The molecule has 2 N–H and O–H groups in total. The third-order valence-corrected chi connectivity index (χ3v) is 1.56. The number of halogens is 3. The van der Waals surface area contributed by atoms with Crippen molar-refractivity contribution in [1.29, 1.82) is 5.26 Å². The monoisotopic (exact) mass is 186 g/mol. The molecule has 1 aromatic rings. The third-order valence-electron chi connectivity index (χ3n) is 1.56. The van der Waals surface area contributed by atoms with Gasteiger partial charge in [0.25, 0.3) is 0 Å². The first-order chi connectivity index (χ1) is 6.11. The third kappa shape index (κ3) is 1.48. The number of hydrogen-bond donors (Lipinski definition) is 1. The van der Waals surface area contributed by atoms with Crippen LogP contribution in [-0.4, -0.2) is 0 Å². The maximum absolute atomic E-state index is 12.8. The van der Waals surface area contributed by atoms with Crippen LogP contribution in [0.1, 0.15) is 11.1 Å². The number of nitrogens with two attached hydrogens (primary N) is 1. The lowest BCUT2D eigenvalue weighted by Crippen LogP contribution is -2.05. The zero-order chi connectivity index (χ0) is 10.0. The Morgan fingerprint density at radius 2 is 1.85 bits per heavy atom. The number of hydrogen-bond acceptors (Lipinski definition) is 2. The number of nitrogens with zero attached hydrogens (tertiary/aromatic N) is 1. The standard InChI is InChI=1S/C8H5F3N2/c9-6-4(2-12)1-5(3-13)7(10)8(6)11/h1H,2,12H2. The molecule has 0 fully saturated rings. The van der Waals surface area contributed by atoms with Gasteiger partial charge < -0.3 is 5.73 Å². The summed E-state index contributed by atoms with van der Waals surface area (Å²) in [5, 5.41) is 8.33. The molecule has 0 atom stereocenters. The fourth-order valence-electron chi connectivity index (χ4n) is 0.886. The van der Waals surface area contributed by atoms with Gasteiger partial charge in [-0.2, -0.15) is 5.26 Å². The predicted molar refractivity (Wildman–Crippen MR) is 38.9 cm³/mol. The van der Waals surface area contributed by atoms with Crippen LogP contribution in [0.5, 0.6) is 0 Å². The average molecular weight is 186 g/mol. The largest absolute Gasteiger partial charge is 0.326 e. The molecule has 0 saturated carbocycles. The van der Waals surface area contributed by atoms with Crippen LogP contribution in [0.2, 0.25) is 0 Å². The molecule has 0 radical (unpaired) electrons. The van der Waals surface area contributed by atoms with E-state index >= 15 is 0 Å². The van der Waals surface area contributed by atoms with Crippen molar-refractivity contribution >= 4 is 0 Å². The summed E-state index contributed by atoms with van der Waals surface area (Å²) in [5.74, 6) is -4.46. The maximum Gasteiger partial charge on any atom is 0.196 e. The van der Waals surface area contributed by atoms with E-state index in [0.29, 0.717) is 0 Å². The minimum atomic E-state index is -1.65. The van der Waals surface area contributed by atoms with Crippen molar-refractivity contribution in [3.05, 3.63) is 34.6 Å². The van der Waals surface area contributed by atoms with Gasteiger partial charge in [0, 0.05) is 12.1 Å². The molecule has 0 bridgehead atoms. The maximum atomic E-state index is 12.8. The smallest absolute Gasteiger partial charge is 0.196 e. The first-order valence-electron chi connectivity index (χ1n) is 3.38. The summed E-state index contributed by atoms with van der Waals surface area (Å²) < 4.78 is 38.1. The summed E-state index contributed by atoms with van der Waals surface area (Å²) in [7, 11) is 0. The van der Waals surface area contributed by atoms with Gasteiger partial charge >= 0.3 is 0 Å². The molecule has 0 amide bonds. The molecule has 13 heavy (non-hydrogen) atoms. The molecule has 0 spiro atoms. The molecule has 0 aromatic heterocycles. The molecule has 0 aliphatic carbocycles. The SMILES string of the molecule is N#Cc1cc(CN)c(F)c(F)c1F. The van der Waals surface area contributed by atoms with Crippen LogP contribution in [0.25, 0.3) is 0 Å². The highest BCUT2D eigenvalue weighted by molar-refractivity contribution is 5.36. The Bertz CT molecular complexity index is 382. The van der Waals surface area contributed by atoms with Crippen molar-refractivity contribution in [2.24, 2.45) is 5.73 Å². The minimum absolute atomic E-state index is 0.213. The minimum Gasteiger partial charge on any atom is -0.326 e. The molecule has 68 valence electrons. The molecule has 1 aromatic carbocycles. The van der Waals surface area contributed by atoms with Gasteiger partial charge in [-0.25, -0.2) is 13.2 Å². The van der Waals surface area contributed by atoms with E-state index in [9.17, 15) is 13.2 Å². The first kappa shape index (κ1) is 9.55. The zero-order valence-corrected chi connectivity index (χ0v) is 6.44. The van der Waals surface area contributed by atoms with Crippen LogP contribution in [0.15, 0.2) is 6.07 Å². The lowest BCUT2D eigenvalue weighted by molar-refractivity contribution is 0.439. The number of benzene rings is 1. The summed E-state index contributed by atoms with van der Waals surface area (Å²) >= 11 is 0. The molecule has 0 aliphatic rings. The highest BCUT2D eigenvalue weighted by atomic mass is 19.2. The Kier molecular flexibility index (Phi) is 2.54. The normalized spacial score (nSPS) is 9.77. The van der Waals surface area contributed by atoms with Crippen molar-refractivity contribution in [2.45, 2.75) is 6.54 Å². The predicted octanol–water partition coefficient (Wildman–Crippen LogP) is 1.43. The van der Waals surface area contributed by atoms with E-state index in [1.807, 2.05) is 0 Å². The van der Waals surface area contributed by atoms with E-state index in [1.54, 1.807) is 0 Å². The van der Waals surface area contributed by atoms with E-state index in [1.165, 1.54) is 6.07 Å². The van der Waals surface area contributed by atoms with Gasteiger partial charge in [0.2, 0.25) is 0 Å². The molecule has 2 nitrogen and oxygen atoms in total. The van der Waals surface area contributed by atoms with Crippen molar-refractivity contribution in [3.8, 4) is 6.07 Å². The lowest BCUT2D eigenvalue weighted by Gasteiger charge is -2.02. The van der Waals surface area contributed by atoms with E-state index < -0.39 is 23.0 Å². The molecule has 1 rings (SSSR count). The highest BCUT2D eigenvalue weighted by Crippen LogP contribution is 2.18. The second-order valence-electron chi connectivity index (χ2n) is 2.34. The van der Waals surface area contributed by atoms with Crippen LogP contribution < -0.4 is 5.73 Å². The van der Waals surface area contributed by atoms with Crippen LogP contribution in [0, 0.1) is 28.8 Å². The average Bonchev–Trinajstić information content (AvgIpc) is 2.15. The summed E-state index contributed by atoms with van der Waals surface area (Å²) in [4.78, 5) is 0. The lowest BCUT2D eigenvalue weighted by atomic mass is 10.1. The second-order valence-corrected chi connectivity index (χ2v) is 2.34. The molecular formula is C8H5F3N2. The van der Waals surface area contributed by atoms with E-state index in [0.717, 1.165) is 6.07 Å². The summed E-state index contributed by atoms with van der Waals surface area (Å²) in [6.45, 7) is -0.280.